The van der Waals surface area contributed by atoms with Crippen molar-refractivity contribution in [2.45, 2.75) is 32.1 Å². The van der Waals surface area contributed by atoms with Gasteiger partial charge in [-0.1, -0.05) is 37.3 Å². The zero-order chi connectivity index (χ0) is 17.8. The van der Waals surface area contributed by atoms with E-state index >= 15 is 0 Å². The number of methoxy groups -OCH3 is 1. The number of aromatic nitrogens is 2. The Labute approximate surface area is 147 Å². The fourth-order valence-corrected chi connectivity index (χ4v) is 3.42. The van der Waals surface area contributed by atoms with E-state index < -0.39 is 0 Å². The van der Waals surface area contributed by atoms with E-state index in [-0.39, 0.29) is 23.7 Å². The Kier molecular flexibility index (Phi) is 5.16. The molecule has 1 aromatic carbocycles. The summed E-state index contributed by atoms with van der Waals surface area (Å²) in [5.41, 5.74) is 2.74. The molecule has 2 aromatic rings. The average Bonchev–Trinajstić information content (AvgIpc) is 3.13. The Morgan fingerprint density at radius 3 is 2.80 bits per heavy atom. The van der Waals surface area contributed by atoms with Gasteiger partial charge >= 0.3 is 5.97 Å². The fraction of sp³-hybridized carbons (Fsp3) is 0.421. The minimum atomic E-state index is -0.362. The fourth-order valence-electron chi connectivity index (χ4n) is 3.42. The summed E-state index contributed by atoms with van der Waals surface area (Å²) >= 11 is 0. The molecule has 0 saturated heterocycles. The van der Waals surface area contributed by atoms with Crippen LogP contribution in [0.1, 0.15) is 36.9 Å². The number of hydrogen-bond acceptors (Lipinski definition) is 4. The van der Waals surface area contributed by atoms with Crippen LogP contribution in [0.2, 0.25) is 0 Å². The first-order chi connectivity index (χ1) is 12.1. The summed E-state index contributed by atoms with van der Waals surface area (Å²) in [6, 6.07) is 10.1. The van der Waals surface area contributed by atoms with Gasteiger partial charge in [-0.2, -0.15) is 5.10 Å². The van der Waals surface area contributed by atoms with Crippen LogP contribution >= 0.6 is 0 Å². The molecule has 1 aromatic heterocycles. The number of hydrogen-bond donors (Lipinski definition) is 1. The Bertz CT molecular complexity index is 741. The molecule has 0 saturated carbocycles. The van der Waals surface area contributed by atoms with Crippen LogP contribution in [0.5, 0.6) is 0 Å². The molecule has 2 unspecified atom stereocenters. The smallest absolute Gasteiger partial charge is 0.310 e. The SMILES string of the molecule is CCC(CC(=O)N1CC(C(=O)OC)Cc2[nH]ncc21)c1ccccc1. The Hall–Kier alpha value is -2.63. The maximum Gasteiger partial charge on any atom is 0.310 e. The second-order valence-corrected chi connectivity index (χ2v) is 6.38. The lowest BCUT2D eigenvalue weighted by atomic mass is 9.91. The number of H-pyrrole nitrogens is 1. The quantitative estimate of drug-likeness (QED) is 0.849. The summed E-state index contributed by atoms with van der Waals surface area (Å²) in [6.07, 6.45) is 3.45. The lowest BCUT2D eigenvalue weighted by Crippen LogP contribution is -2.43. The van der Waals surface area contributed by atoms with Crippen molar-refractivity contribution < 1.29 is 14.3 Å². The molecule has 1 aliphatic heterocycles. The predicted molar refractivity (Wildman–Crippen MR) is 94.2 cm³/mol. The van der Waals surface area contributed by atoms with Crippen LogP contribution in [-0.2, 0) is 20.7 Å². The van der Waals surface area contributed by atoms with Crippen LogP contribution in [0.25, 0.3) is 0 Å². The molecule has 0 radical (unpaired) electrons. The van der Waals surface area contributed by atoms with Crippen molar-refractivity contribution >= 4 is 17.6 Å². The molecule has 6 nitrogen and oxygen atoms in total. The van der Waals surface area contributed by atoms with Crippen LogP contribution < -0.4 is 4.90 Å². The van der Waals surface area contributed by atoms with Gasteiger partial charge in [0, 0.05) is 19.4 Å². The lowest BCUT2D eigenvalue weighted by Gasteiger charge is -2.31. The van der Waals surface area contributed by atoms with Crippen molar-refractivity contribution in [3.63, 3.8) is 0 Å². The average molecular weight is 341 g/mol. The van der Waals surface area contributed by atoms with Gasteiger partial charge in [-0.25, -0.2) is 0 Å². The molecule has 1 aliphatic rings. The van der Waals surface area contributed by atoms with Crippen LogP contribution in [0.3, 0.4) is 0 Å². The first-order valence-corrected chi connectivity index (χ1v) is 8.59. The van der Waals surface area contributed by atoms with Crippen LogP contribution in [0, 0.1) is 5.92 Å². The third kappa shape index (κ3) is 3.57. The number of amides is 1. The summed E-state index contributed by atoms with van der Waals surface area (Å²) in [5.74, 6) is -0.499. The molecule has 25 heavy (non-hydrogen) atoms. The molecular weight excluding hydrogens is 318 g/mol. The number of anilines is 1. The molecule has 0 fully saturated rings. The maximum atomic E-state index is 13.0. The van der Waals surface area contributed by atoms with Crippen molar-refractivity contribution in [3.8, 4) is 0 Å². The molecule has 1 N–H and O–H groups in total. The monoisotopic (exact) mass is 341 g/mol. The van der Waals surface area contributed by atoms with Crippen LogP contribution in [-0.4, -0.2) is 35.7 Å². The van der Waals surface area contributed by atoms with Crippen molar-refractivity contribution in [3.05, 3.63) is 47.8 Å². The number of aromatic amines is 1. The van der Waals surface area contributed by atoms with Gasteiger partial charge in [-0.15, -0.1) is 0 Å². The van der Waals surface area contributed by atoms with Crippen molar-refractivity contribution in [2.24, 2.45) is 5.92 Å². The third-order valence-electron chi connectivity index (χ3n) is 4.86. The molecule has 2 atom stereocenters. The van der Waals surface area contributed by atoms with E-state index in [1.165, 1.54) is 7.11 Å². The number of nitrogens with one attached hydrogen (secondary N) is 1. The highest BCUT2D eigenvalue weighted by Gasteiger charge is 2.34. The van der Waals surface area contributed by atoms with E-state index in [1.54, 1.807) is 11.1 Å². The number of carbonyl (C=O) groups excluding carboxylic acids is 2. The molecular formula is C19H23N3O3. The Morgan fingerprint density at radius 1 is 1.36 bits per heavy atom. The number of benzene rings is 1. The van der Waals surface area contributed by atoms with E-state index in [0.29, 0.717) is 19.4 Å². The molecule has 0 aliphatic carbocycles. The van der Waals surface area contributed by atoms with Gasteiger partial charge in [0.05, 0.1) is 30.6 Å². The van der Waals surface area contributed by atoms with Gasteiger partial charge < -0.3 is 9.64 Å². The number of carbonyl (C=O) groups is 2. The van der Waals surface area contributed by atoms with Gasteiger partial charge in [0.1, 0.15) is 0 Å². The molecule has 132 valence electrons. The van der Waals surface area contributed by atoms with E-state index in [0.717, 1.165) is 23.4 Å². The molecule has 0 bridgehead atoms. The van der Waals surface area contributed by atoms with E-state index in [4.69, 9.17) is 4.74 Å². The summed E-state index contributed by atoms with van der Waals surface area (Å²) in [7, 11) is 1.37. The number of ether oxygens (including phenoxy) is 1. The van der Waals surface area contributed by atoms with Crippen molar-refractivity contribution in [2.75, 3.05) is 18.6 Å². The summed E-state index contributed by atoms with van der Waals surface area (Å²) < 4.78 is 4.87. The topological polar surface area (TPSA) is 75.3 Å². The standard InChI is InChI=1S/C19H23N3O3/c1-3-13(14-7-5-4-6-8-14)10-18(23)22-12-15(19(24)25-2)9-16-17(22)11-20-21-16/h4-8,11,13,15H,3,9-10,12H2,1-2H3,(H,20,21). The number of esters is 1. The molecule has 6 heteroatoms. The van der Waals surface area contributed by atoms with Crippen molar-refractivity contribution in [1.82, 2.24) is 10.2 Å². The third-order valence-corrected chi connectivity index (χ3v) is 4.86. The summed E-state index contributed by atoms with van der Waals surface area (Å²) in [4.78, 5) is 26.6. The van der Waals surface area contributed by atoms with Crippen LogP contribution in [0.15, 0.2) is 36.5 Å². The minimum absolute atomic E-state index is 0.00644. The molecule has 3 rings (SSSR count). The number of rotatable bonds is 5. The largest absolute Gasteiger partial charge is 0.469 e. The van der Waals surface area contributed by atoms with E-state index in [2.05, 4.69) is 29.3 Å². The zero-order valence-corrected chi connectivity index (χ0v) is 14.6. The lowest BCUT2D eigenvalue weighted by molar-refractivity contribution is -0.145. The molecule has 0 spiro atoms. The van der Waals surface area contributed by atoms with Crippen molar-refractivity contribution in [1.29, 1.82) is 0 Å². The summed E-state index contributed by atoms with van der Waals surface area (Å²) in [6.45, 7) is 2.42. The first kappa shape index (κ1) is 17.2. The number of fused-ring (bicyclic) bond motifs is 1. The Balaban J connectivity index is 1.80. The van der Waals surface area contributed by atoms with Gasteiger partial charge in [0.25, 0.3) is 0 Å². The first-order valence-electron chi connectivity index (χ1n) is 8.59. The van der Waals surface area contributed by atoms with Gasteiger partial charge in [-0.3, -0.25) is 14.7 Å². The molecule has 2 heterocycles. The van der Waals surface area contributed by atoms with Crippen LogP contribution in [0.4, 0.5) is 5.69 Å². The second-order valence-electron chi connectivity index (χ2n) is 6.38. The Morgan fingerprint density at radius 2 is 2.12 bits per heavy atom. The number of nitrogens with zero attached hydrogens (tertiary/aromatic N) is 2. The van der Waals surface area contributed by atoms with Gasteiger partial charge in [0.15, 0.2) is 0 Å². The van der Waals surface area contributed by atoms with E-state index in [9.17, 15) is 9.59 Å². The van der Waals surface area contributed by atoms with Gasteiger partial charge in [-0.05, 0) is 17.9 Å². The normalized spacial score (nSPS) is 17.7. The van der Waals surface area contributed by atoms with E-state index in [1.807, 2.05) is 18.2 Å². The highest BCUT2D eigenvalue weighted by Crippen LogP contribution is 2.31. The minimum Gasteiger partial charge on any atom is -0.469 e. The zero-order valence-electron chi connectivity index (χ0n) is 14.6. The highest BCUT2D eigenvalue weighted by molar-refractivity contribution is 5.95. The maximum absolute atomic E-state index is 13.0. The highest BCUT2D eigenvalue weighted by atomic mass is 16.5. The summed E-state index contributed by atoms with van der Waals surface area (Å²) in [5, 5.41) is 6.94. The molecule has 1 amide bonds. The predicted octanol–water partition coefficient (Wildman–Crippen LogP) is 2.67. The second kappa shape index (κ2) is 7.51. The van der Waals surface area contributed by atoms with Gasteiger partial charge in [0.2, 0.25) is 5.91 Å².